The fraction of sp³-hybridized carbons (Fsp3) is 0.571. The van der Waals surface area contributed by atoms with Gasteiger partial charge in [0.15, 0.2) is 0 Å². The molecule has 1 unspecified atom stereocenters. The second kappa shape index (κ2) is 10.9. The molecule has 34 heavy (non-hydrogen) atoms. The number of aliphatic hydroxyl groups excluding tert-OH is 1. The lowest BCUT2D eigenvalue weighted by atomic mass is 9.88. The third-order valence-electron chi connectivity index (χ3n) is 8.18. The van der Waals surface area contributed by atoms with Crippen molar-refractivity contribution in [3.8, 4) is 0 Å². The van der Waals surface area contributed by atoms with Crippen molar-refractivity contribution in [1.82, 2.24) is 15.2 Å². The maximum absolute atomic E-state index is 12.5. The van der Waals surface area contributed by atoms with Crippen molar-refractivity contribution in [3.05, 3.63) is 59.9 Å². The fourth-order valence-electron chi connectivity index (χ4n) is 6.04. The predicted octanol–water partition coefficient (Wildman–Crippen LogP) is 4.17. The highest BCUT2D eigenvalue weighted by molar-refractivity contribution is 5.94. The average molecular weight is 463 g/mol. The summed E-state index contributed by atoms with van der Waals surface area (Å²) in [5.41, 5.74) is 2.78. The molecule has 6 nitrogen and oxygen atoms in total. The number of carbonyl (C=O) groups excluding carboxylic acids is 1. The molecule has 2 aromatic rings. The number of rotatable bonds is 6. The van der Waals surface area contributed by atoms with Crippen molar-refractivity contribution < 1.29 is 9.90 Å². The molecule has 2 N–H and O–H groups in total. The van der Waals surface area contributed by atoms with E-state index in [1.807, 2.05) is 30.3 Å². The number of anilines is 1. The Morgan fingerprint density at radius 3 is 2.26 bits per heavy atom. The average Bonchev–Trinajstić information content (AvgIpc) is 3.42. The highest BCUT2D eigenvalue weighted by Gasteiger charge is 2.31. The molecule has 6 heteroatoms. The van der Waals surface area contributed by atoms with Gasteiger partial charge in [-0.05, 0) is 93.9 Å². The number of aliphatic hydroxyl groups is 1. The van der Waals surface area contributed by atoms with E-state index >= 15 is 0 Å². The number of carbonyl (C=O) groups is 1. The number of likely N-dealkylation sites (tertiary alicyclic amines) is 1. The molecule has 1 aliphatic carbocycles. The minimum atomic E-state index is -0.451. The normalized spacial score (nSPS) is 22.1. The molecule has 0 spiro atoms. The summed E-state index contributed by atoms with van der Waals surface area (Å²) in [4.78, 5) is 21.9. The third kappa shape index (κ3) is 5.44. The highest BCUT2D eigenvalue weighted by atomic mass is 16.3. The van der Waals surface area contributed by atoms with Crippen LogP contribution in [0, 0.1) is 5.92 Å². The van der Waals surface area contributed by atoms with Crippen LogP contribution in [0.15, 0.2) is 48.7 Å². The number of hydrogen-bond donors (Lipinski definition) is 2. The molecule has 1 amide bonds. The van der Waals surface area contributed by atoms with E-state index in [2.05, 4.69) is 32.2 Å². The van der Waals surface area contributed by atoms with E-state index in [0.29, 0.717) is 18.0 Å². The van der Waals surface area contributed by atoms with Crippen LogP contribution in [0.25, 0.3) is 0 Å². The first kappa shape index (κ1) is 23.3. The van der Waals surface area contributed by atoms with Crippen LogP contribution in [-0.4, -0.2) is 59.2 Å². The summed E-state index contributed by atoms with van der Waals surface area (Å²) in [5.74, 6) is 0.365. The zero-order chi connectivity index (χ0) is 23.3. The van der Waals surface area contributed by atoms with Crippen LogP contribution in [0.5, 0.6) is 0 Å². The number of pyridine rings is 1. The minimum Gasteiger partial charge on any atom is -0.387 e. The second-order valence-electron chi connectivity index (χ2n) is 10.3. The Labute approximate surface area is 203 Å². The molecular weight excluding hydrogens is 424 g/mol. The van der Waals surface area contributed by atoms with E-state index in [-0.39, 0.29) is 5.91 Å². The molecule has 1 saturated carbocycles. The SMILES string of the molecule is O=C(NC1CCCC1)c1ccc(N2CCC(N3CCC(C(O)c4ccccn4)CC3)CC2)cc1. The minimum absolute atomic E-state index is 0.0636. The summed E-state index contributed by atoms with van der Waals surface area (Å²) in [6.07, 6.45) is 10.4. The number of piperidine rings is 2. The molecule has 0 radical (unpaired) electrons. The van der Waals surface area contributed by atoms with Gasteiger partial charge in [-0.25, -0.2) is 0 Å². The van der Waals surface area contributed by atoms with Gasteiger partial charge in [0.25, 0.3) is 5.91 Å². The lowest BCUT2D eigenvalue weighted by Gasteiger charge is -2.43. The van der Waals surface area contributed by atoms with Crippen LogP contribution in [0.3, 0.4) is 0 Å². The summed E-state index contributed by atoms with van der Waals surface area (Å²) in [5, 5.41) is 13.9. The topological polar surface area (TPSA) is 68.7 Å². The summed E-state index contributed by atoms with van der Waals surface area (Å²) in [6.45, 7) is 4.22. The van der Waals surface area contributed by atoms with Crippen molar-refractivity contribution in [3.63, 3.8) is 0 Å². The molecule has 2 saturated heterocycles. The highest BCUT2D eigenvalue weighted by Crippen LogP contribution is 2.32. The molecule has 182 valence electrons. The van der Waals surface area contributed by atoms with Gasteiger partial charge in [0.1, 0.15) is 0 Å². The molecule has 1 aromatic carbocycles. The lowest BCUT2D eigenvalue weighted by molar-refractivity contribution is 0.0382. The first-order chi connectivity index (χ1) is 16.7. The maximum Gasteiger partial charge on any atom is 0.251 e. The van der Waals surface area contributed by atoms with E-state index in [0.717, 1.165) is 76.0 Å². The second-order valence-corrected chi connectivity index (χ2v) is 10.3. The zero-order valence-corrected chi connectivity index (χ0v) is 20.1. The van der Waals surface area contributed by atoms with Crippen molar-refractivity contribution in [2.75, 3.05) is 31.1 Å². The van der Waals surface area contributed by atoms with Crippen LogP contribution in [0.2, 0.25) is 0 Å². The molecule has 2 aliphatic heterocycles. The predicted molar refractivity (Wildman–Crippen MR) is 135 cm³/mol. The van der Waals surface area contributed by atoms with E-state index in [4.69, 9.17) is 0 Å². The van der Waals surface area contributed by atoms with Gasteiger partial charge >= 0.3 is 0 Å². The van der Waals surface area contributed by atoms with Gasteiger partial charge in [-0.2, -0.15) is 0 Å². The maximum atomic E-state index is 12.5. The van der Waals surface area contributed by atoms with Gasteiger partial charge < -0.3 is 20.2 Å². The van der Waals surface area contributed by atoms with Crippen LogP contribution in [-0.2, 0) is 0 Å². The van der Waals surface area contributed by atoms with E-state index in [1.54, 1.807) is 6.20 Å². The van der Waals surface area contributed by atoms with Crippen molar-refractivity contribution in [1.29, 1.82) is 0 Å². The van der Waals surface area contributed by atoms with Gasteiger partial charge in [-0.3, -0.25) is 9.78 Å². The number of nitrogens with zero attached hydrogens (tertiary/aromatic N) is 3. The Balaban J connectivity index is 1.08. The van der Waals surface area contributed by atoms with Crippen LogP contribution < -0.4 is 10.2 Å². The Morgan fingerprint density at radius 1 is 0.912 bits per heavy atom. The number of amides is 1. The first-order valence-electron chi connectivity index (χ1n) is 13.2. The molecule has 3 fully saturated rings. The molecule has 5 rings (SSSR count). The Morgan fingerprint density at radius 2 is 1.62 bits per heavy atom. The molecular formula is C28H38N4O2. The molecule has 3 aliphatic rings. The van der Waals surface area contributed by atoms with E-state index in [1.165, 1.54) is 18.5 Å². The number of aromatic nitrogens is 1. The zero-order valence-electron chi connectivity index (χ0n) is 20.1. The van der Waals surface area contributed by atoms with Crippen molar-refractivity contribution in [2.45, 2.75) is 69.6 Å². The largest absolute Gasteiger partial charge is 0.387 e. The van der Waals surface area contributed by atoms with E-state index < -0.39 is 6.10 Å². The molecule has 0 bridgehead atoms. The Hall–Kier alpha value is -2.44. The molecule has 3 heterocycles. The third-order valence-corrected chi connectivity index (χ3v) is 8.18. The number of benzene rings is 1. The summed E-state index contributed by atoms with van der Waals surface area (Å²) < 4.78 is 0. The molecule has 1 atom stereocenters. The van der Waals surface area contributed by atoms with Gasteiger partial charge in [0.05, 0.1) is 11.8 Å². The quantitative estimate of drug-likeness (QED) is 0.674. The van der Waals surface area contributed by atoms with Crippen LogP contribution >= 0.6 is 0 Å². The summed E-state index contributed by atoms with van der Waals surface area (Å²) in [7, 11) is 0. The lowest BCUT2D eigenvalue weighted by Crippen LogP contribution is -2.48. The number of hydrogen-bond acceptors (Lipinski definition) is 5. The monoisotopic (exact) mass is 462 g/mol. The van der Waals surface area contributed by atoms with Gasteiger partial charge in [0.2, 0.25) is 0 Å². The standard InChI is InChI=1S/C28H38N4O2/c33-27(26-7-3-4-16-29-26)21-12-17-31(18-13-21)25-14-19-32(20-15-25)24-10-8-22(9-11-24)28(34)30-23-5-1-2-6-23/h3-4,7-11,16,21,23,25,27,33H,1-2,5-6,12-15,17-20H2,(H,30,34). The van der Waals surface area contributed by atoms with Gasteiger partial charge in [0, 0.05) is 42.6 Å². The Kier molecular flexibility index (Phi) is 7.45. The van der Waals surface area contributed by atoms with Crippen molar-refractivity contribution in [2.24, 2.45) is 5.92 Å². The van der Waals surface area contributed by atoms with Crippen LogP contribution in [0.1, 0.15) is 73.5 Å². The van der Waals surface area contributed by atoms with Crippen LogP contribution in [0.4, 0.5) is 5.69 Å². The van der Waals surface area contributed by atoms with E-state index in [9.17, 15) is 9.90 Å². The molecule has 1 aromatic heterocycles. The fourth-order valence-corrected chi connectivity index (χ4v) is 6.04. The first-order valence-corrected chi connectivity index (χ1v) is 13.2. The number of nitrogens with one attached hydrogen (secondary N) is 1. The summed E-state index contributed by atoms with van der Waals surface area (Å²) >= 11 is 0. The van der Waals surface area contributed by atoms with Gasteiger partial charge in [-0.1, -0.05) is 18.9 Å². The van der Waals surface area contributed by atoms with Crippen molar-refractivity contribution >= 4 is 11.6 Å². The Bertz CT molecular complexity index is 913. The smallest absolute Gasteiger partial charge is 0.251 e. The van der Waals surface area contributed by atoms with Gasteiger partial charge in [-0.15, -0.1) is 0 Å². The summed E-state index contributed by atoms with van der Waals surface area (Å²) in [6, 6.07) is 14.9.